The molecule has 0 aromatic carbocycles. The fourth-order valence-corrected chi connectivity index (χ4v) is 3.25. The number of nitrogens with zero attached hydrogens (tertiary/aromatic N) is 1. The third-order valence-electron chi connectivity index (χ3n) is 4.41. The predicted octanol–water partition coefficient (Wildman–Crippen LogP) is 1.70. The van der Waals surface area contributed by atoms with Crippen LogP contribution in [0.5, 0.6) is 0 Å². The number of carbonyl (C=O) groups excluding carboxylic acids is 1. The summed E-state index contributed by atoms with van der Waals surface area (Å²) in [4.78, 5) is 14.3. The van der Waals surface area contributed by atoms with E-state index >= 15 is 0 Å². The number of Topliss-reactive ketones (excluding diaryl/α,β-unsaturated/α-hetero) is 1. The summed E-state index contributed by atoms with van der Waals surface area (Å²) in [6.45, 7) is 7.77. The van der Waals surface area contributed by atoms with Crippen LogP contribution in [0.25, 0.3) is 0 Å². The lowest BCUT2D eigenvalue weighted by Gasteiger charge is -2.36. The molecule has 1 saturated heterocycles. The number of ketones is 1. The maximum absolute atomic E-state index is 11.9. The highest BCUT2D eigenvalue weighted by molar-refractivity contribution is 5.82. The van der Waals surface area contributed by atoms with E-state index in [0.29, 0.717) is 23.7 Å². The number of likely N-dealkylation sites (tertiary alicyclic amines) is 1. The molecule has 0 radical (unpaired) electrons. The van der Waals surface area contributed by atoms with E-state index in [1.807, 2.05) is 0 Å². The second-order valence-corrected chi connectivity index (χ2v) is 6.63. The fraction of sp³-hybridized carbons (Fsp3) is 0.929. The van der Waals surface area contributed by atoms with Crippen molar-refractivity contribution in [2.75, 3.05) is 26.2 Å². The Kier molecular flexibility index (Phi) is 3.88. The second kappa shape index (κ2) is 5.07. The molecule has 2 unspecified atom stereocenters. The molecule has 17 heavy (non-hydrogen) atoms. The van der Waals surface area contributed by atoms with Crippen LogP contribution in [-0.2, 0) is 4.79 Å². The Morgan fingerprint density at radius 1 is 1.47 bits per heavy atom. The highest BCUT2D eigenvalue weighted by Crippen LogP contribution is 2.37. The topological polar surface area (TPSA) is 40.5 Å². The molecule has 1 aliphatic carbocycles. The molecule has 0 spiro atoms. The van der Waals surface area contributed by atoms with Gasteiger partial charge in [0.25, 0.3) is 0 Å². The minimum absolute atomic E-state index is 0.233. The van der Waals surface area contributed by atoms with Crippen LogP contribution in [0.3, 0.4) is 0 Å². The average molecular weight is 239 g/mol. The van der Waals surface area contributed by atoms with Gasteiger partial charge in [0.2, 0.25) is 0 Å². The Bertz CT molecular complexity index is 288. The van der Waals surface area contributed by atoms with Crippen molar-refractivity contribution in [1.29, 1.82) is 0 Å². The number of carbonyl (C=O) groups is 1. The molecule has 98 valence electrons. The van der Waals surface area contributed by atoms with Gasteiger partial charge >= 0.3 is 0 Å². The van der Waals surface area contributed by atoms with E-state index in [4.69, 9.17) is 5.11 Å². The van der Waals surface area contributed by atoms with Crippen molar-refractivity contribution in [3.8, 4) is 0 Å². The molecular weight excluding hydrogens is 214 g/mol. The van der Waals surface area contributed by atoms with Crippen molar-refractivity contribution >= 4 is 5.78 Å². The Balaban J connectivity index is 1.87. The lowest BCUT2D eigenvalue weighted by atomic mass is 9.71. The Morgan fingerprint density at radius 2 is 2.24 bits per heavy atom. The average Bonchev–Trinajstić information content (AvgIpc) is 2.71. The van der Waals surface area contributed by atoms with Gasteiger partial charge in [-0.15, -0.1) is 0 Å². The zero-order valence-corrected chi connectivity index (χ0v) is 11.1. The van der Waals surface area contributed by atoms with Crippen LogP contribution in [0.15, 0.2) is 0 Å². The Labute approximate surface area is 104 Å². The van der Waals surface area contributed by atoms with Crippen LogP contribution in [0.2, 0.25) is 0 Å². The SMILES string of the molecule is CC1(C)CCC(=O)C(CN2CCC(CO)C2)C1. The summed E-state index contributed by atoms with van der Waals surface area (Å²) >= 11 is 0. The highest BCUT2D eigenvalue weighted by Gasteiger charge is 2.35. The molecule has 1 heterocycles. The first-order valence-electron chi connectivity index (χ1n) is 6.86. The maximum atomic E-state index is 11.9. The van der Waals surface area contributed by atoms with Crippen molar-refractivity contribution < 1.29 is 9.90 Å². The third kappa shape index (κ3) is 3.29. The predicted molar refractivity (Wildman–Crippen MR) is 67.8 cm³/mol. The quantitative estimate of drug-likeness (QED) is 0.815. The van der Waals surface area contributed by atoms with Gasteiger partial charge in [-0.05, 0) is 37.1 Å². The fourth-order valence-electron chi connectivity index (χ4n) is 3.25. The van der Waals surface area contributed by atoms with Crippen molar-refractivity contribution in [1.82, 2.24) is 4.90 Å². The smallest absolute Gasteiger partial charge is 0.137 e. The van der Waals surface area contributed by atoms with Gasteiger partial charge in [-0.2, -0.15) is 0 Å². The molecule has 1 saturated carbocycles. The number of aliphatic hydroxyl groups excluding tert-OH is 1. The maximum Gasteiger partial charge on any atom is 0.137 e. The number of hydrogen-bond acceptors (Lipinski definition) is 3. The zero-order chi connectivity index (χ0) is 12.5. The highest BCUT2D eigenvalue weighted by atomic mass is 16.3. The Morgan fingerprint density at radius 3 is 2.88 bits per heavy atom. The normalized spacial score (nSPS) is 34.2. The molecule has 1 aliphatic heterocycles. The second-order valence-electron chi connectivity index (χ2n) is 6.63. The molecule has 0 aromatic heterocycles. The van der Waals surface area contributed by atoms with Gasteiger partial charge in [0, 0.05) is 32.0 Å². The van der Waals surface area contributed by atoms with Crippen molar-refractivity contribution in [3.63, 3.8) is 0 Å². The van der Waals surface area contributed by atoms with Crippen LogP contribution in [0.1, 0.15) is 39.5 Å². The van der Waals surface area contributed by atoms with Gasteiger partial charge in [0.15, 0.2) is 0 Å². The van der Waals surface area contributed by atoms with Gasteiger partial charge in [0.1, 0.15) is 5.78 Å². The minimum Gasteiger partial charge on any atom is -0.396 e. The molecule has 3 heteroatoms. The van der Waals surface area contributed by atoms with Gasteiger partial charge in [-0.1, -0.05) is 13.8 Å². The minimum atomic E-state index is 0.233. The summed E-state index contributed by atoms with van der Waals surface area (Å²) in [6.07, 6.45) is 3.92. The summed E-state index contributed by atoms with van der Waals surface area (Å²) in [6, 6.07) is 0. The van der Waals surface area contributed by atoms with Gasteiger partial charge in [-0.25, -0.2) is 0 Å². The van der Waals surface area contributed by atoms with Crippen LogP contribution in [0.4, 0.5) is 0 Å². The summed E-state index contributed by atoms with van der Waals surface area (Å²) in [5.41, 5.74) is 0.328. The standard InChI is InChI=1S/C14H25NO2/c1-14(2)5-3-13(17)12(7-14)9-15-6-4-11(8-15)10-16/h11-12,16H,3-10H2,1-2H3. The van der Waals surface area contributed by atoms with Gasteiger partial charge < -0.3 is 10.0 Å². The van der Waals surface area contributed by atoms with E-state index in [-0.39, 0.29) is 5.92 Å². The lowest BCUT2D eigenvalue weighted by molar-refractivity contribution is -0.127. The summed E-state index contributed by atoms with van der Waals surface area (Å²) < 4.78 is 0. The molecule has 0 aromatic rings. The van der Waals surface area contributed by atoms with Crippen molar-refractivity contribution in [2.24, 2.45) is 17.3 Å². The van der Waals surface area contributed by atoms with Crippen molar-refractivity contribution in [2.45, 2.75) is 39.5 Å². The third-order valence-corrected chi connectivity index (χ3v) is 4.41. The summed E-state index contributed by atoms with van der Waals surface area (Å²) in [7, 11) is 0. The van der Waals surface area contributed by atoms with Crippen LogP contribution < -0.4 is 0 Å². The van der Waals surface area contributed by atoms with E-state index in [0.717, 1.165) is 45.3 Å². The first kappa shape index (κ1) is 13.0. The van der Waals surface area contributed by atoms with Crippen LogP contribution in [-0.4, -0.2) is 42.0 Å². The molecule has 1 N–H and O–H groups in total. The number of rotatable bonds is 3. The largest absolute Gasteiger partial charge is 0.396 e. The molecule has 2 rings (SSSR count). The van der Waals surface area contributed by atoms with Gasteiger partial charge in [0.05, 0.1) is 0 Å². The molecule has 2 fully saturated rings. The van der Waals surface area contributed by atoms with E-state index < -0.39 is 0 Å². The summed E-state index contributed by atoms with van der Waals surface area (Å²) in [5.74, 6) is 1.12. The van der Waals surface area contributed by atoms with E-state index in [1.54, 1.807) is 0 Å². The number of hydrogen-bond donors (Lipinski definition) is 1. The Hall–Kier alpha value is -0.410. The number of aliphatic hydroxyl groups is 1. The molecule has 2 atom stereocenters. The van der Waals surface area contributed by atoms with E-state index in [1.165, 1.54) is 0 Å². The lowest BCUT2D eigenvalue weighted by Crippen LogP contribution is -2.38. The first-order valence-corrected chi connectivity index (χ1v) is 6.86. The van der Waals surface area contributed by atoms with Crippen molar-refractivity contribution in [3.05, 3.63) is 0 Å². The van der Waals surface area contributed by atoms with Gasteiger partial charge in [-0.3, -0.25) is 4.79 Å². The molecule has 0 amide bonds. The monoisotopic (exact) mass is 239 g/mol. The molecule has 2 aliphatic rings. The zero-order valence-electron chi connectivity index (χ0n) is 11.1. The van der Waals surface area contributed by atoms with E-state index in [9.17, 15) is 4.79 Å². The van der Waals surface area contributed by atoms with Crippen LogP contribution >= 0.6 is 0 Å². The molecular formula is C14H25NO2. The summed E-state index contributed by atoms with van der Waals surface area (Å²) in [5, 5.41) is 9.13. The first-order chi connectivity index (χ1) is 8.00. The van der Waals surface area contributed by atoms with Crippen LogP contribution in [0, 0.1) is 17.3 Å². The van der Waals surface area contributed by atoms with E-state index in [2.05, 4.69) is 18.7 Å². The molecule has 0 bridgehead atoms. The molecule has 3 nitrogen and oxygen atoms in total.